The molecular formula is C6H12N2O5S. The number of rotatable bonds is 3. The number of nitrogens with two attached hydrogens (primary N) is 1. The topological polar surface area (TPSA) is 110 Å². The minimum atomic E-state index is -3.73. The Morgan fingerprint density at radius 1 is 1.64 bits per heavy atom. The highest BCUT2D eigenvalue weighted by molar-refractivity contribution is 7.86. The quantitative estimate of drug-likeness (QED) is 0.597. The molecule has 3 N–H and O–H groups in total. The van der Waals surface area contributed by atoms with Crippen molar-refractivity contribution in [2.24, 2.45) is 5.14 Å². The number of carbonyl (C=O) groups is 1. The van der Waals surface area contributed by atoms with Gasteiger partial charge in [0.15, 0.2) is 0 Å². The molecule has 1 unspecified atom stereocenters. The maximum absolute atomic E-state index is 10.9. The van der Waals surface area contributed by atoms with E-state index in [4.69, 9.17) is 15.0 Å². The van der Waals surface area contributed by atoms with Gasteiger partial charge in [-0.15, -0.1) is 0 Å². The first-order valence-corrected chi connectivity index (χ1v) is 5.51. The van der Waals surface area contributed by atoms with Gasteiger partial charge in [-0.2, -0.15) is 12.7 Å². The van der Waals surface area contributed by atoms with Crippen LogP contribution < -0.4 is 5.14 Å². The van der Waals surface area contributed by atoms with E-state index in [-0.39, 0.29) is 26.1 Å². The van der Waals surface area contributed by atoms with E-state index < -0.39 is 22.3 Å². The van der Waals surface area contributed by atoms with E-state index >= 15 is 0 Å². The van der Waals surface area contributed by atoms with Gasteiger partial charge in [0.25, 0.3) is 10.2 Å². The molecule has 1 rings (SSSR count). The summed E-state index contributed by atoms with van der Waals surface area (Å²) in [5.74, 6) is -1.02. The van der Waals surface area contributed by atoms with Gasteiger partial charge >= 0.3 is 5.97 Å². The molecule has 1 saturated heterocycles. The van der Waals surface area contributed by atoms with Crippen molar-refractivity contribution in [3.63, 3.8) is 0 Å². The maximum atomic E-state index is 10.9. The average molecular weight is 224 g/mol. The predicted octanol–water partition coefficient (Wildman–Crippen LogP) is -1.63. The fourth-order valence-corrected chi connectivity index (χ4v) is 1.94. The van der Waals surface area contributed by atoms with Crippen LogP contribution in [-0.4, -0.2) is 49.6 Å². The monoisotopic (exact) mass is 224 g/mol. The number of ether oxygens (including phenoxy) is 1. The van der Waals surface area contributed by atoms with Crippen LogP contribution in [-0.2, 0) is 19.7 Å². The maximum Gasteiger partial charge on any atom is 0.306 e. The molecular weight excluding hydrogens is 212 g/mol. The van der Waals surface area contributed by atoms with Crippen LogP contribution in [0.1, 0.15) is 6.42 Å². The molecule has 1 atom stereocenters. The Balaban J connectivity index is 2.56. The molecule has 0 aromatic carbocycles. The van der Waals surface area contributed by atoms with Gasteiger partial charge in [-0.1, -0.05) is 0 Å². The summed E-state index contributed by atoms with van der Waals surface area (Å²) in [6, 6.07) is 0. The summed E-state index contributed by atoms with van der Waals surface area (Å²) in [6.07, 6.45) is -0.828. The third-order valence-corrected chi connectivity index (χ3v) is 2.92. The lowest BCUT2D eigenvalue weighted by Crippen LogP contribution is -2.48. The number of hydrogen-bond donors (Lipinski definition) is 2. The fourth-order valence-electron chi connectivity index (χ4n) is 1.24. The molecule has 7 nitrogen and oxygen atoms in total. The van der Waals surface area contributed by atoms with Crippen LogP contribution >= 0.6 is 0 Å². The lowest BCUT2D eigenvalue weighted by atomic mass is 10.2. The van der Waals surface area contributed by atoms with Crippen molar-refractivity contribution in [1.82, 2.24) is 4.31 Å². The lowest BCUT2D eigenvalue weighted by molar-refractivity contribution is -0.141. The number of carboxylic acid groups (broad SMARTS) is 1. The van der Waals surface area contributed by atoms with E-state index in [1.165, 1.54) is 0 Å². The van der Waals surface area contributed by atoms with Gasteiger partial charge in [-0.05, 0) is 0 Å². The molecule has 0 radical (unpaired) electrons. The van der Waals surface area contributed by atoms with Gasteiger partial charge < -0.3 is 9.84 Å². The zero-order valence-electron chi connectivity index (χ0n) is 7.42. The smallest absolute Gasteiger partial charge is 0.306 e. The molecule has 82 valence electrons. The molecule has 0 amide bonds. The van der Waals surface area contributed by atoms with Crippen LogP contribution in [0.5, 0.6) is 0 Å². The Labute approximate surface area is 81.6 Å². The second-order valence-corrected chi connectivity index (χ2v) is 4.54. The Kier molecular flexibility index (Phi) is 3.43. The highest BCUT2D eigenvalue weighted by Gasteiger charge is 2.28. The number of aliphatic carboxylic acids is 1. The first kappa shape index (κ1) is 11.4. The Morgan fingerprint density at radius 3 is 2.79 bits per heavy atom. The highest BCUT2D eigenvalue weighted by atomic mass is 32.2. The van der Waals surface area contributed by atoms with Crippen LogP contribution in [0.4, 0.5) is 0 Å². The molecule has 0 aromatic rings. The molecule has 1 aliphatic rings. The molecule has 1 heterocycles. The largest absolute Gasteiger partial charge is 0.481 e. The Morgan fingerprint density at radius 2 is 2.29 bits per heavy atom. The number of nitrogens with zero attached hydrogens (tertiary/aromatic N) is 1. The number of carboxylic acids is 1. The zero-order valence-corrected chi connectivity index (χ0v) is 8.24. The summed E-state index contributed by atoms with van der Waals surface area (Å²) >= 11 is 0. The van der Waals surface area contributed by atoms with Crippen LogP contribution in [0, 0.1) is 0 Å². The Hall–Kier alpha value is -0.700. The summed E-state index contributed by atoms with van der Waals surface area (Å²) in [5, 5.41) is 13.4. The van der Waals surface area contributed by atoms with Crippen molar-refractivity contribution in [2.75, 3.05) is 19.7 Å². The summed E-state index contributed by atoms with van der Waals surface area (Å²) in [7, 11) is -3.73. The summed E-state index contributed by atoms with van der Waals surface area (Å²) in [6.45, 7) is 0.356. The van der Waals surface area contributed by atoms with Crippen molar-refractivity contribution in [3.05, 3.63) is 0 Å². The van der Waals surface area contributed by atoms with E-state index in [1.807, 2.05) is 0 Å². The minimum Gasteiger partial charge on any atom is -0.481 e. The zero-order chi connectivity index (χ0) is 10.8. The van der Waals surface area contributed by atoms with Crippen LogP contribution in [0.3, 0.4) is 0 Å². The van der Waals surface area contributed by atoms with Crippen LogP contribution in [0.2, 0.25) is 0 Å². The molecule has 0 aliphatic carbocycles. The molecule has 0 saturated carbocycles. The van der Waals surface area contributed by atoms with Crippen molar-refractivity contribution in [1.29, 1.82) is 0 Å². The van der Waals surface area contributed by atoms with Gasteiger partial charge in [0.05, 0.1) is 19.1 Å². The summed E-state index contributed by atoms with van der Waals surface area (Å²) in [4.78, 5) is 10.3. The molecule has 0 spiro atoms. The minimum absolute atomic E-state index is 0.00509. The standard InChI is InChI=1S/C6H12N2O5S/c7-14(11,12)8-1-2-13-5(4-8)3-6(9)10/h5H,1-4H2,(H,9,10)(H2,7,11,12). The highest BCUT2D eigenvalue weighted by Crippen LogP contribution is 2.10. The van der Waals surface area contributed by atoms with Crippen molar-refractivity contribution < 1.29 is 23.1 Å². The van der Waals surface area contributed by atoms with E-state index in [9.17, 15) is 13.2 Å². The van der Waals surface area contributed by atoms with E-state index in [0.717, 1.165) is 4.31 Å². The second kappa shape index (κ2) is 4.22. The fraction of sp³-hybridized carbons (Fsp3) is 0.833. The van der Waals surface area contributed by atoms with Gasteiger partial charge in [-0.25, -0.2) is 5.14 Å². The van der Waals surface area contributed by atoms with E-state index in [2.05, 4.69) is 0 Å². The predicted molar refractivity (Wildman–Crippen MR) is 46.7 cm³/mol. The van der Waals surface area contributed by atoms with Crippen LogP contribution in [0.15, 0.2) is 0 Å². The number of morpholine rings is 1. The van der Waals surface area contributed by atoms with Gasteiger partial charge in [0, 0.05) is 13.1 Å². The van der Waals surface area contributed by atoms with Crippen molar-refractivity contribution in [2.45, 2.75) is 12.5 Å². The third kappa shape index (κ3) is 3.22. The molecule has 1 aliphatic heterocycles. The van der Waals surface area contributed by atoms with Gasteiger partial charge in [-0.3, -0.25) is 4.79 Å². The van der Waals surface area contributed by atoms with Crippen molar-refractivity contribution in [3.8, 4) is 0 Å². The van der Waals surface area contributed by atoms with Crippen molar-refractivity contribution >= 4 is 16.2 Å². The van der Waals surface area contributed by atoms with E-state index in [1.54, 1.807) is 0 Å². The van der Waals surface area contributed by atoms with E-state index in [0.29, 0.717) is 0 Å². The molecule has 8 heteroatoms. The molecule has 0 aromatic heterocycles. The SMILES string of the molecule is NS(=O)(=O)N1CCOC(CC(=O)O)C1. The third-order valence-electron chi connectivity index (χ3n) is 1.86. The average Bonchev–Trinajstić information content (AvgIpc) is 2.01. The van der Waals surface area contributed by atoms with Gasteiger partial charge in [0.2, 0.25) is 0 Å². The first-order chi connectivity index (χ1) is 6.39. The summed E-state index contributed by atoms with van der Waals surface area (Å²) < 4.78 is 27.9. The lowest BCUT2D eigenvalue weighted by Gasteiger charge is -2.29. The summed E-state index contributed by atoms with van der Waals surface area (Å²) in [5.41, 5.74) is 0. The molecule has 14 heavy (non-hydrogen) atoms. The normalized spacial score (nSPS) is 24.8. The Bertz CT molecular complexity index is 314. The van der Waals surface area contributed by atoms with Gasteiger partial charge in [0.1, 0.15) is 0 Å². The molecule has 1 fully saturated rings. The number of hydrogen-bond acceptors (Lipinski definition) is 4. The molecule has 0 bridgehead atoms. The first-order valence-electron chi connectivity index (χ1n) is 4.01. The second-order valence-electron chi connectivity index (χ2n) is 2.99. The van der Waals surface area contributed by atoms with Crippen LogP contribution in [0.25, 0.3) is 0 Å².